The summed E-state index contributed by atoms with van der Waals surface area (Å²) in [5, 5.41) is 2.00. The van der Waals surface area contributed by atoms with Gasteiger partial charge in [-0.05, 0) is 48.9 Å². The fourth-order valence-corrected chi connectivity index (χ4v) is 4.56. The Morgan fingerprint density at radius 3 is 2.57 bits per heavy atom. The van der Waals surface area contributed by atoms with E-state index in [1.807, 2.05) is 17.5 Å². The molecule has 2 aromatic rings. The van der Waals surface area contributed by atoms with Crippen molar-refractivity contribution in [1.82, 2.24) is 4.31 Å². The number of nitrogens with zero attached hydrogens (tertiary/aromatic N) is 1. The predicted molar refractivity (Wildman–Crippen MR) is 88.2 cm³/mol. The van der Waals surface area contributed by atoms with Crippen LogP contribution in [0.4, 0.5) is 5.69 Å². The molecule has 6 heteroatoms. The molecule has 21 heavy (non-hydrogen) atoms. The Labute approximate surface area is 130 Å². The van der Waals surface area contributed by atoms with Crippen molar-refractivity contribution in [3.63, 3.8) is 0 Å². The minimum absolute atomic E-state index is 0.330. The second kappa shape index (κ2) is 6.17. The van der Waals surface area contributed by atoms with Gasteiger partial charge in [-0.1, -0.05) is 12.1 Å². The first-order chi connectivity index (χ1) is 9.84. The number of hydrogen-bond acceptors (Lipinski definition) is 4. The quantitative estimate of drug-likeness (QED) is 0.860. The normalized spacial score (nSPS) is 12.0. The van der Waals surface area contributed by atoms with Gasteiger partial charge in [0, 0.05) is 24.2 Å². The van der Waals surface area contributed by atoms with E-state index in [0.717, 1.165) is 5.56 Å². The molecule has 0 aliphatic rings. The summed E-state index contributed by atoms with van der Waals surface area (Å²) in [6, 6.07) is 7.49. The highest BCUT2D eigenvalue weighted by molar-refractivity contribution is 7.89. The van der Waals surface area contributed by atoms with Crippen LogP contribution in [-0.4, -0.2) is 26.3 Å². The van der Waals surface area contributed by atoms with Crippen molar-refractivity contribution in [3.05, 3.63) is 45.6 Å². The second-order valence-electron chi connectivity index (χ2n) is 5.08. The Bertz CT molecular complexity index is 722. The molecule has 0 saturated heterocycles. The van der Waals surface area contributed by atoms with E-state index in [-0.39, 0.29) is 0 Å². The van der Waals surface area contributed by atoms with E-state index in [2.05, 4.69) is 0 Å². The summed E-state index contributed by atoms with van der Waals surface area (Å²) in [6.45, 7) is 4.01. The second-order valence-corrected chi connectivity index (χ2v) is 8.10. The molecule has 0 bridgehead atoms. The van der Waals surface area contributed by atoms with Gasteiger partial charge >= 0.3 is 0 Å². The molecule has 0 atom stereocenters. The average molecular weight is 324 g/mol. The van der Waals surface area contributed by atoms with Crippen molar-refractivity contribution in [2.75, 3.05) is 19.3 Å². The van der Waals surface area contributed by atoms with Crippen LogP contribution < -0.4 is 5.73 Å². The predicted octanol–water partition coefficient (Wildman–Crippen LogP) is 2.81. The molecule has 0 unspecified atom stereocenters. The van der Waals surface area contributed by atoms with E-state index < -0.39 is 10.0 Å². The lowest BCUT2D eigenvalue weighted by Gasteiger charge is -2.20. The SMILES string of the molecule is Cc1ccc(N)c(C)c1S(=O)(=O)N(C)CCc1cccs1. The van der Waals surface area contributed by atoms with Crippen molar-refractivity contribution in [1.29, 1.82) is 0 Å². The molecule has 4 nitrogen and oxygen atoms in total. The van der Waals surface area contributed by atoms with Crippen LogP contribution in [0.3, 0.4) is 0 Å². The molecule has 114 valence electrons. The summed E-state index contributed by atoms with van der Waals surface area (Å²) >= 11 is 1.64. The molecule has 0 spiro atoms. The van der Waals surface area contributed by atoms with Crippen LogP contribution in [0.25, 0.3) is 0 Å². The zero-order valence-electron chi connectivity index (χ0n) is 12.5. The first-order valence-corrected chi connectivity index (χ1v) is 9.00. The number of hydrogen-bond donors (Lipinski definition) is 1. The van der Waals surface area contributed by atoms with Crippen molar-refractivity contribution in [3.8, 4) is 0 Å². The maximum Gasteiger partial charge on any atom is 0.243 e. The fraction of sp³-hybridized carbons (Fsp3) is 0.333. The number of anilines is 1. The standard InChI is InChI=1S/C15H20N2O2S2/c1-11-6-7-14(16)12(2)15(11)21(18,19)17(3)9-8-13-5-4-10-20-13/h4-7,10H,8-9,16H2,1-3H3. The highest BCUT2D eigenvalue weighted by Gasteiger charge is 2.25. The van der Waals surface area contributed by atoms with E-state index in [0.29, 0.717) is 29.1 Å². The van der Waals surface area contributed by atoms with Gasteiger partial charge in [-0.3, -0.25) is 0 Å². The van der Waals surface area contributed by atoms with Crippen LogP contribution in [0.2, 0.25) is 0 Å². The van der Waals surface area contributed by atoms with Gasteiger partial charge in [-0.25, -0.2) is 12.7 Å². The Kier molecular flexibility index (Phi) is 4.70. The summed E-state index contributed by atoms with van der Waals surface area (Å²) in [6.07, 6.45) is 0.716. The van der Waals surface area contributed by atoms with Gasteiger partial charge in [-0.15, -0.1) is 11.3 Å². The van der Waals surface area contributed by atoms with Crippen molar-refractivity contribution >= 4 is 27.0 Å². The molecule has 0 aliphatic carbocycles. The minimum atomic E-state index is -3.52. The molecule has 0 saturated carbocycles. The lowest BCUT2D eigenvalue weighted by Crippen LogP contribution is -2.30. The maximum absolute atomic E-state index is 12.8. The van der Waals surface area contributed by atoms with Crippen molar-refractivity contribution in [2.24, 2.45) is 0 Å². The topological polar surface area (TPSA) is 63.4 Å². The molecule has 2 rings (SSSR count). The number of likely N-dealkylation sites (N-methyl/N-ethyl adjacent to an activating group) is 1. The molecule has 1 aromatic carbocycles. The monoisotopic (exact) mass is 324 g/mol. The number of aryl methyl sites for hydroxylation is 1. The zero-order chi connectivity index (χ0) is 15.6. The molecule has 0 amide bonds. The number of rotatable bonds is 5. The highest BCUT2D eigenvalue weighted by Crippen LogP contribution is 2.27. The maximum atomic E-state index is 12.8. The fourth-order valence-electron chi connectivity index (χ4n) is 2.24. The number of sulfonamides is 1. The molecule has 0 aliphatic heterocycles. The van der Waals surface area contributed by atoms with Crippen LogP contribution in [-0.2, 0) is 16.4 Å². The number of nitrogens with two attached hydrogens (primary N) is 1. The van der Waals surface area contributed by atoms with Gasteiger partial charge in [0.2, 0.25) is 10.0 Å². The lowest BCUT2D eigenvalue weighted by atomic mass is 10.1. The van der Waals surface area contributed by atoms with E-state index in [4.69, 9.17) is 5.73 Å². The van der Waals surface area contributed by atoms with Gasteiger partial charge in [-0.2, -0.15) is 0 Å². The highest BCUT2D eigenvalue weighted by atomic mass is 32.2. The van der Waals surface area contributed by atoms with E-state index in [1.54, 1.807) is 44.4 Å². The van der Waals surface area contributed by atoms with Gasteiger partial charge < -0.3 is 5.73 Å². The third kappa shape index (κ3) is 3.28. The average Bonchev–Trinajstić information content (AvgIpc) is 2.93. The molecule has 1 heterocycles. The first kappa shape index (κ1) is 16.0. The molecule has 2 N–H and O–H groups in total. The van der Waals surface area contributed by atoms with Crippen LogP contribution in [0.5, 0.6) is 0 Å². The van der Waals surface area contributed by atoms with E-state index in [1.165, 1.54) is 9.18 Å². The molecule has 0 radical (unpaired) electrons. The van der Waals surface area contributed by atoms with Gasteiger partial charge in [0.05, 0.1) is 4.90 Å². The summed E-state index contributed by atoms with van der Waals surface area (Å²) in [5.41, 5.74) is 7.71. The Balaban J connectivity index is 2.27. The Morgan fingerprint density at radius 1 is 1.24 bits per heavy atom. The summed E-state index contributed by atoms with van der Waals surface area (Å²) in [7, 11) is -1.90. The number of nitrogen functional groups attached to an aromatic ring is 1. The number of benzene rings is 1. The van der Waals surface area contributed by atoms with Crippen molar-refractivity contribution in [2.45, 2.75) is 25.2 Å². The van der Waals surface area contributed by atoms with E-state index in [9.17, 15) is 8.42 Å². The third-order valence-electron chi connectivity index (χ3n) is 3.57. The number of thiophene rings is 1. The smallest absolute Gasteiger partial charge is 0.243 e. The molecular formula is C15H20N2O2S2. The van der Waals surface area contributed by atoms with Crippen LogP contribution in [0, 0.1) is 13.8 Å². The lowest BCUT2D eigenvalue weighted by molar-refractivity contribution is 0.472. The van der Waals surface area contributed by atoms with E-state index >= 15 is 0 Å². The largest absolute Gasteiger partial charge is 0.398 e. The van der Waals surface area contributed by atoms with Gasteiger partial charge in [0.1, 0.15) is 0 Å². The summed E-state index contributed by atoms with van der Waals surface area (Å²) < 4.78 is 26.9. The summed E-state index contributed by atoms with van der Waals surface area (Å²) in [4.78, 5) is 1.51. The summed E-state index contributed by atoms with van der Waals surface area (Å²) in [5.74, 6) is 0. The minimum Gasteiger partial charge on any atom is -0.398 e. The van der Waals surface area contributed by atoms with Gasteiger partial charge in [0.25, 0.3) is 0 Å². The first-order valence-electron chi connectivity index (χ1n) is 6.68. The molecule has 1 aromatic heterocycles. The van der Waals surface area contributed by atoms with Gasteiger partial charge in [0.15, 0.2) is 0 Å². The van der Waals surface area contributed by atoms with Crippen molar-refractivity contribution < 1.29 is 8.42 Å². The van der Waals surface area contributed by atoms with Crippen LogP contribution in [0.15, 0.2) is 34.5 Å². The zero-order valence-corrected chi connectivity index (χ0v) is 14.1. The van der Waals surface area contributed by atoms with Crippen LogP contribution in [0.1, 0.15) is 16.0 Å². The van der Waals surface area contributed by atoms with Crippen LogP contribution >= 0.6 is 11.3 Å². The molecule has 0 fully saturated rings. The third-order valence-corrected chi connectivity index (χ3v) is 6.65. The Hall–Kier alpha value is -1.37. The molecular weight excluding hydrogens is 304 g/mol. The Morgan fingerprint density at radius 2 is 1.95 bits per heavy atom.